The SMILES string of the molecule is [2H]C1CCCCCCC1([2H])[2H]. The minimum atomic E-state index is -1.22. The van der Waals surface area contributed by atoms with Gasteiger partial charge in [-0.1, -0.05) is 51.3 Å². The second kappa shape index (κ2) is 3.94. The summed E-state index contributed by atoms with van der Waals surface area (Å²) in [5.41, 5.74) is 0. The van der Waals surface area contributed by atoms with Crippen LogP contribution >= 0.6 is 0 Å². The number of hydrogen-bond donors (Lipinski definition) is 0. The summed E-state index contributed by atoms with van der Waals surface area (Å²) in [5.74, 6) is 0. The minimum absolute atomic E-state index is 0.484. The second-order valence-corrected chi connectivity index (χ2v) is 2.36. The lowest BCUT2D eigenvalue weighted by atomic mass is 10.0. The molecule has 1 unspecified atom stereocenters. The Hall–Kier alpha value is 0. The molecule has 0 heterocycles. The predicted octanol–water partition coefficient (Wildman–Crippen LogP) is 3.12. The van der Waals surface area contributed by atoms with E-state index < -0.39 is 12.8 Å². The number of hydrogen-bond acceptors (Lipinski definition) is 0. The Morgan fingerprint density at radius 1 is 0.750 bits per heavy atom. The fourth-order valence-corrected chi connectivity index (χ4v) is 1.03. The van der Waals surface area contributed by atoms with Crippen molar-refractivity contribution in [3.05, 3.63) is 0 Å². The molecule has 0 nitrogen and oxygen atoms in total. The lowest BCUT2D eigenvalue weighted by molar-refractivity contribution is 0.504. The highest BCUT2D eigenvalue weighted by Gasteiger charge is 1.95. The maximum absolute atomic E-state index is 7.55. The van der Waals surface area contributed by atoms with Gasteiger partial charge in [-0.15, -0.1) is 0 Å². The van der Waals surface area contributed by atoms with Crippen LogP contribution in [0.4, 0.5) is 0 Å². The first kappa shape index (κ1) is 3.24. The fourth-order valence-electron chi connectivity index (χ4n) is 1.03. The first-order valence-electron chi connectivity index (χ1n) is 5.13. The standard InChI is InChI=1S/C8H16/c1-2-4-6-8-7-5-3-1/h1-8H2/i1D,2D2. The summed E-state index contributed by atoms with van der Waals surface area (Å²) in [6.45, 7) is 0. The monoisotopic (exact) mass is 115 g/mol. The van der Waals surface area contributed by atoms with E-state index in [-0.39, 0.29) is 0 Å². The topological polar surface area (TPSA) is 0 Å². The molecule has 48 valence electrons. The van der Waals surface area contributed by atoms with E-state index in [1.165, 1.54) is 6.42 Å². The van der Waals surface area contributed by atoms with Crippen LogP contribution in [0.3, 0.4) is 0 Å². The highest BCUT2D eigenvalue weighted by molar-refractivity contribution is 4.51. The van der Waals surface area contributed by atoms with E-state index in [0.29, 0.717) is 6.42 Å². The van der Waals surface area contributed by atoms with Crippen molar-refractivity contribution < 1.29 is 4.11 Å². The molecule has 0 aromatic carbocycles. The molecule has 0 radical (unpaired) electrons. The van der Waals surface area contributed by atoms with Gasteiger partial charge in [-0.3, -0.25) is 0 Å². The van der Waals surface area contributed by atoms with Gasteiger partial charge in [0.15, 0.2) is 0 Å². The summed E-state index contributed by atoms with van der Waals surface area (Å²) in [6.07, 6.45) is 3.95. The van der Waals surface area contributed by atoms with E-state index in [4.69, 9.17) is 4.11 Å². The maximum atomic E-state index is 7.55. The van der Waals surface area contributed by atoms with Crippen LogP contribution in [0.1, 0.15) is 55.4 Å². The van der Waals surface area contributed by atoms with Crippen molar-refractivity contribution in [1.29, 1.82) is 0 Å². The van der Waals surface area contributed by atoms with E-state index >= 15 is 0 Å². The van der Waals surface area contributed by atoms with Gasteiger partial charge in [-0.2, -0.15) is 0 Å². The van der Waals surface area contributed by atoms with Crippen molar-refractivity contribution in [3.8, 4) is 0 Å². The first-order valence-corrected chi connectivity index (χ1v) is 3.55. The molecule has 1 atom stereocenters. The van der Waals surface area contributed by atoms with Gasteiger partial charge >= 0.3 is 0 Å². The molecule has 1 aliphatic carbocycles. The molecule has 0 aliphatic heterocycles. The quantitative estimate of drug-likeness (QED) is 0.455. The molecule has 1 saturated carbocycles. The molecule has 8 heavy (non-hydrogen) atoms. The molecule has 0 saturated heterocycles. The van der Waals surface area contributed by atoms with Crippen LogP contribution in [0.5, 0.6) is 0 Å². The third-order valence-corrected chi connectivity index (χ3v) is 1.56. The molecule has 1 aliphatic rings. The minimum Gasteiger partial charge on any atom is -0.0533 e. The summed E-state index contributed by atoms with van der Waals surface area (Å²) < 4.78 is 22.6. The molecule has 0 spiro atoms. The van der Waals surface area contributed by atoms with Crippen LogP contribution < -0.4 is 0 Å². The Bertz CT molecular complexity index is 123. The van der Waals surface area contributed by atoms with Gasteiger partial charge in [0, 0.05) is 4.11 Å². The zero-order valence-electron chi connectivity index (χ0n) is 8.32. The molecule has 0 N–H and O–H groups in total. The number of rotatable bonds is 0. The van der Waals surface area contributed by atoms with Crippen molar-refractivity contribution >= 4 is 0 Å². The van der Waals surface area contributed by atoms with Gasteiger partial charge in [0.1, 0.15) is 0 Å². The third kappa shape index (κ3) is 2.34. The van der Waals surface area contributed by atoms with Crippen LogP contribution in [0.15, 0.2) is 0 Å². The average Bonchev–Trinajstić information content (AvgIpc) is 1.93. The van der Waals surface area contributed by atoms with Crippen LogP contribution in [0, 0.1) is 0 Å². The summed E-state index contributed by atoms with van der Waals surface area (Å²) in [6, 6.07) is 0. The molecule has 0 heteroatoms. The Morgan fingerprint density at radius 3 is 2.25 bits per heavy atom. The van der Waals surface area contributed by atoms with Crippen LogP contribution in [-0.2, 0) is 0 Å². The zero-order valence-corrected chi connectivity index (χ0v) is 5.32. The fraction of sp³-hybridized carbons (Fsp3) is 1.00. The molecular weight excluding hydrogens is 96.1 g/mol. The molecule has 0 aromatic heterocycles. The summed E-state index contributed by atoms with van der Waals surface area (Å²) in [5, 5.41) is 0. The Kier molecular flexibility index (Phi) is 1.59. The van der Waals surface area contributed by atoms with Gasteiger partial charge < -0.3 is 0 Å². The first-order chi connectivity index (χ1) is 5.13. The van der Waals surface area contributed by atoms with Crippen LogP contribution in [0.25, 0.3) is 0 Å². The lowest BCUT2D eigenvalue weighted by Gasteiger charge is -2.05. The third-order valence-electron chi connectivity index (χ3n) is 1.56. The van der Waals surface area contributed by atoms with E-state index in [9.17, 15) is 0 Å². The van der Waals surface area contributed by atoms with Gasteiger partial charge in [0.2, 0.25) is 0 Å². The Morgan fingerprint density at radius 2 is 1.38 bits per heavy atom. The van der Waals surface area contributed by atoms with Crippen molar-refractivity contribution in [2.24, 2.45) is 0 Å². The van der Waals surface area contributed by atoms with E-state index in [2.05, 4.69) is 0 Å². The van der Waals surface area contributed by atoms with Crippen LogP contribution in [-0.4, -0.2) is 0 Å². The molecule has 0 bridgehead atoms. The molecular formula is C8H16. The van der Waals surface area contributed by atoms with E-state index in [0.717, 1.165) is 25.7 Å². The highest BCUT2D eigenvalue weighted by Crippen LogP contribution is 2.15. The maximum Gasteiger partial charge on any atom is 0.0267 e. The van der Waals surface area contributed by atoms with E-state index in [1.54, 1.807) is 0 Å². The predicted molar refractivity (Wildman–Crippen MR) is 36.9 cm³/mol. The van der Waals surface area contributed by atoms with Crippen molar-refractivity contribution in [2.45, 2.75) is 51.3 Å². The average molecular weight is 115 g/mol. The second-order valence-electron chi connectivity index (χ2n) is 2.36. The summed E-state index contributed by atoms with van der Waals surface area (Å²) in [4.78, 5) is 0. The van der Waals surface area contributed by atoms with Gasteiger partial charge in [0.05, 0.1) is 0 Å². The largest absolute Gasteiger partial charge is 0.0533 e. The molecule has 0 amide bonds. The van der Waals surface area contributed by atoms with Gasteiger partial charge in [-0.25, -0.2) is 0 Å². The normalized spacial score (nSPS) is 45.0. The Balaban J connectivity index is 2.47. The highest BCUT2D eigenvalue weighted by atomic mass is 14.0. The van der Waals surface area contributed by atoms with Gasteiger partial charge in [0.25, 0.3) is 0 Å². The van der Waals surface area contributed by atoms with E-state index in [1.807, 2.05) is 0 Å². The smallest absolute Gasteiger partial charge is 0.0267 e. The molecule has 0 aromatic rings. The lowest BCUT2D eigenvalue weighted by Crippen LogP contribution is -1.85. The van der Waals surface area contributed by atoms with Crippen LogP contribution in [0.2, 0.25) is 0 Å². The summed E-state index contributed by atoms with van der Waals surface area (Å²) >= 11 is 0. The zero-order chi connectivity index (χ0) is 8.32. The molecule has 1 rings (SSSR count). The van der Waals surface area contributed by atoms with Crippen molar-refractivity contribution in [3.63, 3.8) is 0 Å². The van der Waals surface area contributed by atoms with Crippen molar-refractivity contribution in [2.75, 3.05) is 0 Å². The summed E-state index contributed by atoms with van der Waals surface area (Å²) in [7, 11) is 0. The Labute approximate surface area is 56.5 Å². The van der Waals surface area contributed by atoms with Gasteiger partial charge in [-0.05, 0) is 0 Å². The molecule has 1 fully saturated rings. The van der Waals surface area contributed by atoms with Crippen molar-refractivity contribution in [1.82, 2.24) is 0 Å².